The summed E-state index contributed by atoms with van der Waals surface area (Å²) >= 11 is 0. The number of nitrogens with zero attached hydrogens (tertiary/aromatic N) is 1. The molecule has 1 aromatic rings. The van der Waals surface area contributed by atoms with E-state index in [4.69, 9.17) is 9.47 Å². The third-order valence-corrected chi connectivity index (χ3v) is 5.57. The van der Waals surface area contributed by atoms with Crippen LogP contribution in [0.1, 0.15) is 45.6 Å². The van der Waals surface area contributed by atoms with Crippen molar-refractivity contribution in [2.24, 2.45) is 10.9 Å². The maximum absolute atomic E-state index is 13.4. The van der Waals surface area contributed by atoms with Crippen LogP contribution >= 0.6 is 0 Å². The molecule has 1 saturated heterocycles. The van der Waals surface area contributed by atoms with Gasteiger partial charge < -0.3 is 20.1 Å². The van der Waals surface area contributed by atoms with Gasteiger partial charge in [0.05, 0.1) is 6.10 Å². The van der Waals surface area contributed by atoms with E-state index in [0.29, 0.717) is 5.92 Å². The molecule has 0 bridgehead atoms. The van der Waals surface area contributed by atoms with Crippen LogP contribution in [0.2, 0.25) is 0 Å². The molecular formula is C22H36FN3O2. The fraction of sp³-hybridized carbons (Fsp3) is 0.682. The Labute approximate surface area is 169 Å². The number of nitrogens with one attached hydrogen (secondary N) is 2. The first-order chi connectivity index (χ1) is 13.5. The van der Waals surface area contributed by atoms with Crippen molar-refractivity contribution in [3.8, 4) is 0 Å². The van der Waals surface area contributed by atoms with Crippen molar-refractivity contribution in [1.82, 2.24) is 10.6 Å². The van der Waals surface area contributed by atoms with Gasteiger partial charge in [-0.25, -0.2) is 4.39 Å². The monoisotopic (exact) mass is 393 g/mol. The zero-order valence-electron chi connectivity index (χ0n) is 17.8. The molecule has 1 aliphatic rings. The molecule has 0 aromatic heterocycles. The average molecular weight is 394 g/mol. The Morgan fingerprint density at radius 1 is 1.21 bits per heavy atom. The molecule has 0 aliphatic carbocycles. The number of aliphatic imine (C=N–C) groups is 1. The molecule has 28 heavy (non-hydrogen) atoms. The molecule has 5 nitrogen and oxygen atoms in total. The summed E-state index contributed by atoms with van der Waals surface area (Å²) in [5.41, 5.74) is 1.08. The van der Waals surface area contributed by atoms with Gasteiger partial charge in [0.15, 0.2) is 5.96 Å². The lowest BCUT2D eigenvalue weighted by molar-refractivity contribution is 0.0258. The number of rotatable bonds is 9. The van der Waals surface area contributed by atoms with Gasteiger partial charge in [0.2, 0.25) is 0 Å². The molecule has 1 fully saturated rings. The normalized spacial score (nSPS) is 18.1. The van der Waals surface area contributed by atoms with Crippen molar-refractivity contribution in [2.45, 2.75) is 51.6 Å². The molecule has 0 amide bonds. The molecular weight excluding hydrogens is 357 g/mol. The third kappa shape index (κ3) is 6.45. The highest BCUT2D eigenvalue weighted by Gasteiger charge is 2.34. The summed E-state index contributed by atoms with van der Waals surface area (Å²) < 4.78 is 24.8. The average Bonchev–Trinajstić information content (AvgIpc) is 2.70. The van der Waals surface area contributed by atoms with Crippen molar-refractivity contribution in [3.63, 3.8) is 0 Å². The molecule has 1 aromatic carbocycles. The summed E-state index contributed by atoms with van der Waals surface area (Å²) in [6.45, 7) is 10.1. The second-order valence-electron chi connectivity index (χ2n) is 7.78. The zero-order valence-corrected chi connectivity index (χ0v) is 17.8. The van der Waals surface area contributed by atoms with Gasteiger partial charge in [-0.15, -0.1) is 0 Å². The SMILES string of the molecule is CCOC(CCNC(=NC)NCC1(c2ccc(F)cc2)CCOCC1)C(C)C. The summed E-state index contributed by atoms with van der Waals surface area (Å²) in [6, 6.07) is 6.88. The fourth-order valence-electron chi connectivity index (χ4n) is 3.76. The van der Waals surface area contributed by atoms with E-state index in [-0.39, 0.29) is 17.3 Å². The lowest BCUT2D eigenvalue weighted by atomic mass is 9.74. The molecule has 0 spiro atoms. The number of ether oxygens (including phenoxy) is 2. The molecule has 0 radical (unpaired) electrons. The molecule has 2 N–H and O–H groups in total. The molecule has 0 saturated carbocycles. The van der Waals surface area contributed by atoms with Crippen LogP contribution in [0.25, 0.3) is 0 Å². The number of guanidine groups is 1. The Morgan fingerprint density at radius 3 is 2.46 bits per heavy atom. The van der Waals surface area contributed by atoms with Crippen molar-refractivity contribution in [3.05, 3.63) is 35.6 Å². The topological polar surface area (TPSA) is 54.9 Å². The van der Waals surface area contributed by atoms with Crippen LogP contribution in [-0.4, -0.2) is 52.0 Å². The Morgan fingerprint density at radius 2 is 1.89 bits per heavy atom. The minimum absolute atomic E-state index is 0.0740. The minimum Gasteiger partial charge on any atom is -0.381 e. The van der Waals surface area contributed by atoms with Gasteiger partial charge in [0.1, 0.15) is 5.82 Å². The Bertz CT molecular complexity index is 598. The highest BCUT2D eigenvalue weighted by molar-refractivity contribution is 5.79. The molecule has 1 aliphatic heterocycles. The maximum Gasteiger partial charge on any atom is 0.191 e. The van der Waals surface area contributed by atoms with Gasteiger partial charge in [-0.2, -0.15) is 0 Å². The number of hydrogen-bond acceptors (Lipinski definition) is 3. The smallest absolute Gasteiger partial charge is 0.191 e. The number of halogens is 1. The molecule has 6 heteroatoms. The first-order valence-corrected chi connectivity index (χ1v) is 10.4. The number of benzene rings is 1. The van der Waals surface area contributed by atoms with E-state index in [2.05, 4.69) is 29.5 Å². The van der Waals surface area contributed by atoms with Crippen molar-refractivity contribution in [1.29, 1.82) is 0 Å². The van der Waals surface area contributed by atoms with E-state index in [1.807, 2.05) is 19.1 Å². The summed E-state index contributed by atoms with van der Waals surface area (Å²) in [6.07, 6.45) is 2.99. The van der Waals surface area contributed by atoms with Crippen LogP contribution in [0.5, 0.6) is 0 Å². The fourth-order valence-corrected chi connectivity index (χ4v) is 3.76. The Hall–Kier alpha value is -1.66. The summed E-state index contributed by atoms with van der Waals surface area (Å²) in [5.74, 6) is 1.07. The second-order valence-corrected chi connectivity index (χ2v) is 7.78. The molecule has 158 valence electrons. The summed E-state index contributed by atoms with van der Waals surface area (Å²) in [4.78, 5) is 4.36. The van der Waals surface area contributed by atoms with Gasteiger partial charge in [0.25, 0.3) is 0 Å². The van der Waals surface area contributed by atoms with E-state index >= 15 is 0 Å². The Kier molecular flexibility index (Phi) is 9.19. The first kappa shape index (κ1) is 22.6. The highest BCUT2D eigenvalue weighted by atomic mass is 19.1. The quantitative estimate of drug-likeness (QED) is 0.498. The van der Waals surface area contributed by atoms with Crippen LogP contribution in [0.15, 0.2) is 29.3 Å². The maximum atomic E-state index is 13.4. The predicted molar refractivity (Wildman–Crippen MR) is 112 cm³/mol. The van der Waals surface area contributed by atoms with E-state index in [1.54, 1.807) is 19.2 Å². The van der Waals surface area contributed by atoms with Gasteiger partial charge in [0, 0.05) is 45.4 Å². The summed E-state index contributed by atoms with van der Waals surface area (Å²) in [7, 11) is 1.78. The van der Waals surface area contributed by atoms with Gasteiger partial charge in [-0.1, -0.05) is 26.0 Å². The van der Waals surface area contributed by atoms with Crippen LogP contribution < -0.4 is 10.6 Å². The standard InChI is InChI=1S/C22H36FN3O2/c1-5-28-20(17(2)3)10-13-25-21(24-4)26-16-22(11-14-27-15-12-22)18-6-8-19(23)9-7-18/h6-9,17,20H,5,10-16H2,1-4H3,(H2,24,25,26). The largest absolute Gasteiger partial charge is 0.381 e. The van der Waals surface area contributed by atoms with Gasteiger partial charge >= 0.3 is 0 Å². The van der Waals surface area contributed by atoms with Crippen LogP contribution in [0.4, 0.5) is 4.39 Å². The van der Waals surface area contributed by atoms with Gasteiger partial charge in [-0.3, -0.25) is 4.99 Å². The minimum atomic E-state index is -0.203. The van der Waals surface area contributed by atoms with Crippen LogP contribution in [0.3, 0.4) is 0 Å². The molecule has 1 unspecified atom stereocenters. The van der Waals surface area contributed by atoms with E-state index < -0.39 is 0 Å². The molecule has 1 atom stereocenters. The predicted octanol–water partition coefficient (Wildman–Crippen LogP) is 3.49. The van der Waals surface area contributed by atoms with E-state index in [9.17, 15) is 4.39 Å². The lowest BCUT2D eigenvalue weighted by Crippen LogP contribution is -2.48. The number of hydrogen-bond donors (Lipinski definition) is 2. The molecule has 1 heterocycles. The summed E-state index contributed by atoms with van der Waals surface area (Å²) in [5, 5.41) is 6.87. The highest BCUT2D eigenvalue weighted by Crippen LogP contribution is 2.34. The van der Waals surface area contributed by atoms with Crippen molar-refractivity contribution < 1.29 is 13.9 Å². The first-order valence-electron chi connectivity index (χ1n) is 10.4. The third-order valence-electron chi connectivity index (χ3n) is 5.57. The van der Waals surface area contributed by atoms with Crippen molar-refractivity contribution in [2.75, 3.05) is 40.0 Å². The van der Waals surface area contributed by atoms with E-state index in [0.717, 1.165) is 63.7 Å². The Balaban J connectivity index is 1.94. The second kappa shape index (κ2) is 11.4. The molecule has 2 rings (SSSR count). The van der Waals surface area contributed by atoms with Crippen LogP contribution in [-0.2, 0) is 14.9 Å². The lowest BCUT2D eigenvalue weighted by Gasteiger charge is -2.38. The van der Waals surface area contributed by atoms with Crippen molar-refractivity contribution >= 4 is 5.96 Å². The van der Waals surface area contributed by atoms with Gasteiger partial charge in [-0.05, 0) is 49.8 Å². The van der Waals surface area contributed by atoms with Crippen LogP contribution in [0, 0.1) is 11.7 Å². The zero-order chi connectivity index (χ0) is 20.4. The van der Waals surface area contributed by atoms with E-state index in [1.165, 1.54) is 0 Å².